The number of anilines is 2. The van der Waals surface area contributed by atoms with E-state index in [1.54, 1.807) is 0 Å². The molecule has 9 rings (SSSR count). The van der Waals surface area contributed by atoms with Gasteiger partial charge in [0.1, 0.15) is 0 Å². The van der Waals surface area contributed by atoms with Gasteiger partial charge >= 0.3 is 336 Å². The minimum absolute atomic E-state index is 0.0190. The third-order valence-electron chi connectivity index (χ3n) is 12.5. The summed E-state index contributed by atoms with van der Waals surface area (Å²) in [5.41, 5.74) is 17.5. The first-order valence-corrected chi connectivity index (χ1v) is 22.8. The molecule has 62 heavy (non-hydrogen) atoms. The van der Waals surface area contributed by atoms with E-state index in [2.05, 4.69) is 229 Å². The zero-order chi connectivity index (χ0) is 43.5. The van der Waals surface area contributed by atoms with Gasteiger partial charge in [-0.05, 0) is 17.0 Å². The van der Waals surface area contributed by atoms with E-state index in [9.17, 15) is 0 Å². The zero-order valence-corrected chi connectivity index (χ0v) is 39.5. The van der Waals surface area contributed by atoms with Gasteiger partial charge in [-0.2, -0.15) is 0 Å². The van der Waals surface area contributed by atoms with Gasteiger partial charge in [0.2, 0.25) is 0 Å². The van der Waals surface area contributed by atoms with Crippen molar-refractivity contribution < 1.29 is 24.1 Å². The Morgan fingerprint density at radius 1 is 0.613 bits per heavy atom. The van der Waals surface area contributed by atoms with Gasteiger partial charge in [0.05, 0.1) is 0 Å². The number of aryl methyl sites for hydroxylation is 1. The molecule has 1 aliphatic rings. The average molecular weight is 994 g/mol. The minimum atomic E-state index is -0.168. The molecule has 6 heteroatoms. The molecule has 0 saturated heterocycles. The van der Waals surface area contributed by atoms with E-state index in [-0.39, 0.29) is 10.8 Å². The molecule has 0 fully saturated rings. The van der Waals surface area contributed by atoms with E-state index in [0.29, 0.717) is 11.5 Å². The summed E-state index contributed by atoms with van der Waals surface area (Å²) in [7, 11) is 0. The molecule has 6 aromatic carbocycles. The van der Waals surface area contributed by atoms with Crippen molar-refractivity contribution in [3.8, 4) is 45.1 Å². The second kappa shape index (κ2) is 16.2. The van der Waals surface area contributed by atoms with Gasteiger partial charge < -0.3 is 0 Å². The molecule has 0 unspecified atom stereocenters. The third-order valence-corrected chi connectivity index (χ3v) is 13.5. The number of para-hydroxylation sites is 2. The summed E-state index contributed by atoms with van der Waals surface area (Å²) in [6.07, 6.45) is 3.98. The quantitative estimate of drug-likeness (QED) is 0.149. The summed E-state index contributed by atoms with van der Waals surface area (Å²) >= 11 is 2.54. The maximum atomic E-state index is 6.87. The molecule has 8 aromatic rings. The van der Waals surface area contributed by atoms with E-state index in [1.165, 1.54) is 55.8 Å². The van der Waals surface area contributed by atoms with Crippen LogP contribution in [0.5, 0.6) is 11.5 Å². The Morgan fingerprint density at radius 2 is 1.21 bits per heavy atom. The topological polar surface area (TPSA) is 35.2 Å². The number of imidazole rings is 1. The molecule has 0 atom stereocenters. The van der Waals surface area contributed by atoms with E-state index in [1.807, 2.05) is 6.20 Å². The fraction of sp³-hybridized carbons (Fsp3) is 0.250. The van der Waals surface area contributed by atoms with Crippen LogP contribution in [0.25, 0.3) is 44.7 Å². The summed E-state index contributed by atoms with van der Waals surface area (Å²) < 4.78 is 12.7. The van der Waals surface area contributed by atoms with Gasteiger partial charge in [-0.3, -0.25) is 0 Å². The molecule has 316 valence electrons. The van der Waals surface area contributed by atoms with E-state index < -0.39 is 0 Å². The Morgan fingerprint density at radius 3 is 1.82 bits per heavy atom. The number of rotatable bonds is 7. The van der Waals surface area contributed by atoms with Crippen LogP contribution < -0.4 is 9.64 Å². The van der Waals surface area contributed by atoms with Crippen molar-refractivity contribution in [3.05, 3.63) is 177 Å². The number of fused-ring (bicyclic) bond motifs is 2. The summed E-state index contributed by atoms with van der Waals surface area (Å²) in [4.78, 5) is 7.14. The molecule has 0 aliphatic carbocycles. The standard InChI is InChI=1S/C56H54N4O.Pt/c1-37-38(2)52(41-19-12-10-13-20-41)54(53(39(37)3)42-21-14-11-15-22-42)60-36-59(48-24-16-17-25-49(48)60)45-31-44(56(7,8)9)32-47(34-45)61-46-27-26-40-23-18-30-58(50(40)35-46)51-33-43(28-29-57-51)55(4,5)6;/h10-17,19-22,24-29,31-33H,18,23,30H2,1-9H3;/q-2;. The number of hydrogen-bond donors (Lipinski definition) is 0. The predicted octanol–water partition coefficient (Wildman–Crippen LogP) is 14.2. The van der Waals surface area contributed by atoms with Crippen LogP contribution in [-0.2, 0) is 36.6 Å². The molecule has 0 bridgehead atoms. The first-order chi connectivity index (χ1) is 29.7. The van der Waals surface area contributed by atoms with Crippen molar-refractivity contribution in [2.24, 2.45) is 0 Å². The molecule has 0 saturated carbocycles. The average Bonchev–Trinajstić information content (AvgIpc) is 3.56. The SMILES string of the molecule is Cc1c(C)c(-c2ccccc2)c(-n2[c](=[Pt])n(-c3[c-]c(Oc4[c-]c5c(cc4)CCCN5c4cc(C(C)(C)C)ccn4)cc(C(C)(C)C)c3)c3ccccc32)c(-c2ccccc2)c1C. The van der Waals surface area contributed by atoms with Crippen LogP contribution in [-0.4, -0.2) is 20.7 Å². The van der Waals surface area contributed by atoms with Gasteiger partial charge in [0.15, 0.2) is 0 Å². The van der Waals surface area contributed by atoms with Crippen LogP contribution in [0.2, 0.25) is 0 Å². The Bertz CT molecular complexity index is 2970. The van der Waals surface area contributed by atoms with Crippen LogP contribution in [0.15, 0.2) is 128 Å². The Labute approximate surface area is 378 Å². The van der Waals surface area contributed by atoms with Crippen LogP contribution in [0.4, 0.5) is 11.5 Å². The second-order valence-electron chi connectivity index (χ2n) is 18.7. The van der Waals surface area contributed by atoms with Crippen molar-refractivity contribution in [1.29, 1.82) is 0 Å². The summed E-state index contributed by atoms with van der Waals surface area (Å²) in [6.45, 7) is 21.2. The first kappa shape index (κ1) is 41.6. The first-order valence-electron chi connectivity index (χ1n) is 21.7. The van der Waals surface area contributed by atoms with Crippen molar-refractivity contribution in [3.63, 3.8) is 0 Å². The number of ether oxygens (including phenoxy) is 1. The number of benzene rings is 6. The van der Waals surface area contributed by atoms with Crippen LogP contribution in [0, 0.1) is 36.7 Å². The molecule has 2 aromatic heterocycles. The van der Waals surface area contributed by atoms with Crippen LogP contribution >= 0.6 is 0 Å². The predicted molar refractivity (Wildman–Crippen MR) is 252 cm³/mol. The normalized spacial score (nSPS) is 13.1. The fourth-order valence-electron chi connectivity index (χ4n) is 8.88. The van der Waals surface area contributed by atoms with Crippen LogP contribution in [0.1, 0.15) is 81.3 Å². The van der Waals surface area contributed by atoms with E-state index in [0.717, 1.165) is 57.0 Å². The molecular formula is C56H54N4OPt-2. The number of nitrogens with zero attached hydrogens (tertiary/aromatic N) is 4. The molecule has 3 heterocycles. The second-order valence-corrected chi connectivity index (χ2v) is 19.7. The molecule has 5 nitrogen and oxygen atoms in total. The monoisotopic (exact) mass is 993 g/mol. The Kier molecular flexibility index (Phi) is 10.8. The summed E-state index contributed by atoms with van der Waals surface area (Å²) in [5, 5.41) is 0. The Balaban J connectivity index is 1.23. The number of hydrogen-bond acceptors (Lipinski definition) is 3. The van der Waals surface area contributed by atoms with Gasteiger partial charge in [-0.1, -0.05) is 20.8 Å². The molecule has 0 amide bonds. The molecule has 0 N–H and O–H groups in total. The number of aromatic nitrogens is 3. The molecule has 0 spiro atoms. The molecule has 1 aliphatic heterocycles. The van der Waals surface area contributed by atoms with Crippen molar-refractivity contribution in [1.82, 2.24) is 14.1 Å². The van der Waals surface area contributed by atoms with Gasteiger partial charge in [-0.15, -0.1) is 0 Å². The van der Waals surface area contributed by atoms with Crippen molar-refractivity contribution in [2.75, 3.05) is 11.4 Å². The Hall–Kier alpha value is -5.77. The van der Waals surface area contributed by atoms with Crippen molar-refractivity contribution in [2.45, 2.75) is 86.0 Å². The maximum absolute atomic E-state index is 6.87. The van der Waals surface area contributed by atoms with E-state index in [4.69, 9.17) is 9.72 Å². The van der Waals surface area contributed by atoms with Gasteiger partial charge in [0, 0.05) is 6.20 Å². The zero-order valence-electron chi connectivity index (χ0n) is 37.3. The molecule has 0 radical (unpaired) electrons. The summed E-state index contributed by atoms with van der Waals surface area (Å²) in [6, 6.07) is 50.9. The van der Waals surface area contributed by atoms with Gasteiger partial charge in [-0.25, -0.2) is 0 Å². The van der Waals surface area contributed by atoms with E-state index >= 15 is 0 Å². The van der Waals surface area contributed by atoms with Crippen molar-refractivity contribution >= 4 is 22.5 Å². The molecular weight excluding hydrogens is 940 g/mol. The third kappa shape index (κ3) is 7.60. The van der Waals surface area contributed by atoms with Crippen LogP contribution in [0.3, 0.4) is 0 Å². The fourth-order valence-corrected chi connectivity index (χ4v) is 9.96. The summed E-state index contributed by atoms with van der Waals surface area (Å²) in [5.74, 6) is 2.25. The van der Waals surface area contributed by atoms with Gasteiger partial charge in [0.25, 0.3) is 0 Å². The number of pyridine rings is 1.